The van der Waals surface area contributed by atoms with Crippen LogP contribution in [0.5, 0.6) is 0 Å². The third-order valence-electron chi connectivity index (χ3n) is 5.77. The van der Waals surface area contributed by atoms with Crippen LogP contribution in [-0.4, -0.2) is 47.0 Å². The molecule has 1 aromatic carbocycles. The number of amides is 1. The predicted molar refractivity (Wildman–Crippen MR) is 128 cm³/mol. The van der Waals surface area contributed by atoms with Crippen LogP contribution in [0, 0.1) is 6.92 Å². The first kappa shape index (κ1) is 20.4. The van der Waals surface area contributed by atoms with Gasteiger partial charge in [-0.3, -0.25) is 9.78 Å². The Bertz CT molecular complexity index is 1220. The quantitative estimate of drug-likeness (QED) is 0.507. The number of aryl methyl sites for hydroxylation is 1. The molecule has 0 radical (unpaired) electrons. The van der Waals surface area contributed by atoms with E-state index in [1.807, 2.05) is 31.2 Å². The molecule has 1 saturated heterocycles. The van der Waals surface area contributed by atoms with Crippen LogP contribution in [0.4, 0.5) is 11.5 Å². The van der Waals surface area contributed by atoms with Gasteiger partial charge < -0.3 is 15.1 Å². The topological polar surface area (TPSA) is 74.2 Å². The lowest BCUT2D eigenvalue weighted by Crippen LogP contribution is -2.46. The van der Waals surface area contributed by atoms with Gasteiger partial charge in [0, 0.05) is 38.1 Å². The van der Waals surface area contributed by atoms with E-state index in [0.717, 1.165) is 53.5 Å². The maximum atomic E-state index is 12.9. The van der Waals surface area contributed by atoms with Crippen LogP contribution in [-0.2, 0) is 6.54 Å². The number of rotatable bonds is 5. The average Bonchev–Trinajstić information content (AvgIpc) is 3.20. The molecule has 0 bridgehead atoms. The number of aromatic nitrogens is 3. The fourth-order valence-corrected chi connectivity index (χ4v) is 5.14. The van der Waals surface area contributed by atoms with E-state index in [1.54, 1.807) is 12.5 Å². The van der Waals surface area contributed by atoms with Gasteiger partial charge in [0.2, 0.25) is 0 Å². The summed E-state index contributed by atoms with van der Waals surface area (Å²) in [7, 11) is 0. The van der Waals surface area contributed by atoms with Crippen LogP contribution in [0.2, 0.25) is 0 Å². The number of hydrogen-bond acceptors (Lipinski definition) is 7. The second kappa shape index (κ2) is 8.92. The lowest BCUT2D eigenvalue weighted by atomic mass is 10.1. The molecule has 1 aliphatic rings. The highest BCUT2D eigenvalue weighted by molar-refractivity contribution is 7.20. The van der Waals surface area contributed by atoms with Gasteiger partial charge in [0.1, 0.15) is 17.0 Å². The third kappa shape index (κ3) is 4.01. The fraction of sp³-hybridized carbons (Fsp3) is 0.250. The average molecular weight is 445 g/mol. The van der Waals surface area contributed by atoms with Gasteiger partial charge in [-0.2, -0.15) is 0 Å². The van der Waals surface area contributed by atoms with Crippen LogP contribution < -0.4 is 15.1 Å². The minimum Gasteiger partial charge on any atom is -0.368 e. The zero-order valence-electron chi connectivity index (χ0n) is 17.9. The number of benzene rings is 1. The number of carbonyl (C=O) groups is 1. The number of carbonyl (C=O) groups excluding carboxylic acids is 1. The molecule has 4 aromatic rings. The van der Waals surface area contributed by atoms with Gasteiger partial charge >= 0.3 is 0 Å². The number of para-hydroxylation sites is 1. The summed E-state index contributed by atoms with van der Waals surface area (Å²) in [6.45, 7) is 5.98. The molecule has 0 aliphatic carbocycles. The number of nitrogens with zero attached hydrogens (tertiary/aromatic N) is 5. The van der Waals surface area contributed by atoms with Crippen molar-refractivity contribution in [2.24, 2.45) is 0 Å². The highest BCUT2D eigenvalue weighted by atomic mass is 32.1. The Kier molecular flexibility index (Phi) is 5.68. The van der Waals surface area contributed by atoms with E-state index in [9.17, 15) is 4.79 Å². The Hall–Kier alpha value is -3.52. The fourth-order valence-electron chi connectivity index (χ4n) is 4.08. The minimum absolute atomic E-state index is 0.101. The first-order valence-electron chi connectivity index (χ1n) is 10.7. The van der Waals surface area contributed by atoms with E-state index in [2.05, 4.69) is 54.3 Å². The zero-order chi connectivity index (χ0) is 21.9. The Morgan fingerprint density at radius 3 is 2.47 bits per heavy atom. The number of hydrogen-bond donors (Lipinski definition) is 1. The molecule has 8 heteroatoms. The van der Waals surface area contributed by atoms with Gasteiger partial charge in [0.25, 0.3) is 5.91 Å². The number of piperazine rings is 1. The summed E-state index contributed by atoms with van der Waals surface area (Å²) in [6, 6.07) is 16.2. The van der Waals surface area contributed by atoms with E-state index >= 15 is 0 Å². The molecule has 1 amide bonds. The van der Waals surface area contributed by atoms with Crippen LogP contribution in [0.15, 0.2) is 61.1 Å². The Morgan fingerprint density at radius 1 is 0.969 bits per heavy atom. The largest absolute Gasteiger partial charge is 0.368 e. The Balaban J connectivity index is 1.35. The number of nitrogens with one attached hydrogen (secondary N) is 1. The standard InChI is InChI=1S/C24H24N6OS/c1-17-20-22(30-13-11-29(12-14-30)19-8-3-2-4-9-19)27-16-28-24(20)32-21(17)23(31)26-15-18-7-5-6-10-25-18/h2-10,16H,11-15H2,1H3,(H,26,31). The Morgan fingerprint density at radius 2 is 1.72 bits per heavy atom. The van der Waals surface area contributed by atoms with Crippen LogP contribution in [0.3, 0.4) is 0 Å². The molecule has 1 N–H and O–H groups in total. The van der Waals surface area contributed by atoms with Crippen LogP contribution in [0.1, 0.15) is 20.9 Å². The van der Waals surface area contributed by atoms with E-state index in [4.69, 9.17) is 0 Å². The molecule has 0 saturated carbocycles. The van der Waals surface area contributed by atoms with Crippen molar-refractivity contribution < 1.29 is 4.79 Å². The van der Waals surface area contributed by atoms with Crippen molar-refractivity contribution in [2.75, 3.05) is 36.0 Å². The molecule has 0 unspecified atom stereocenters. The minimum atomic E-state index is -0.101. The molecule has 7 nitrogen and oxygen atoms in total. The van der Waals surface area contributed by atoms with Crippen molar-refractivity contribution >= 4 is 39.0 Å². The predicted octanol–water partition coefficient (Wildman–Crippen LogP) is 3.65. The molecule has 1 aliphatic heterocycles. The molecular weight excluding hydrogens is 420 g/mol. The second-order valence-corrected chi connectivity index (χ2v) is 8.75. The maximum absolute atomic E-state index is 12.9. The molecule has 0 atom stereocenters. The summed E-state index contributed by atoms with van der Waals surface area (Å²) in [5, 5.41) is 3.96. The SMILES string of the molecule is Cc1c(C(=O)NCc2ccccn2)sc2ncnc(N3CCN(c4ccccc4)CC3)c12. The van der Waals surface area contributed by atoms with Crippen molar-refractivity contribution in [3.63, 3.8) is 0 Å². The van der Waals surface area contributed by atoms with Gasteiger partial charge in [0.15, 0.2) is 0 Å². The lowest BCUT2D eigenvalue weighted by molar-refractivity contribution is 0.0954. The first-order chi connectivity index (χ1) is 15.7. The van der Waals surface area contributed by atoms with Crippen molar-refractivity contribution in [1.82, 2.24) is 20.3 Å². The normalized spacial score (nSPS) is 14.0. The molecule has 1 fully saturated rings. The van der Waals surface area contributed by atoms with E-state index in [1.165, 1.54) is 17.0 Å². The van der Waals surface area contributed by atoms with Crippen molar-refractivity contribution in [3.8, 4) is 0 Å². The molecule has 3 aromatic heterocycles. The van der Waals surface area contributed by atoms with Crippen LogP contribution >= 0.6 is 11.3 Å². The second-order valence-electron chi connectivity index (χ2n) is 7.75. The number of thiophene rings is 1. The maximum Gasteiger partial charge on any atom is 0.262 e. The molecule has 4 heterocycles. The van der Waals surface area contributed by atoms with Gasteiger partial charge in [-0.1, -0.05) is 24.3 Å². The van der Waals surface area contributed by atoms with Gasteiger partial charge in [-0.25, -0.2) is 9.97 Å². The summed E-state index contributed by atoms with van der Waals surface area (Å²) < 4.78 is 0. The highest BCUT2D eigenvalue weighted by Gasteiger charge is 2.24. The first-order valence-corrected chi connectivity index (χ1v) is 11.5. The number of anilines is 2. The smallest absolute Gasteiger partial charge is 0.262 e. The van der Waals surface area contributed by atoms with Crippen molar-refractivity contribution in [1.29, 1.82) is 0 Å². The summed E-state index contributed by atoms with van der Waals surface area (Å²) in [5.74, 6) is 0.816. The van der Waals surface area contributed by atoms with E-state index in [0.29, 0.717) is 11.4 Å². The van der Waals surface area contributed by atoms with Crippen molar-refractivity contribution in [3.05, 3.63) is 77.2 Å². The lowest BCUT2D eigenvalue weighted by Gasteiger charge is -2.37. The van der Waals surface area contributed by atoms with Gasteiger partial charge in [-0.15, -0.1) is 11.3 Å². The number of pyridine rings is 1. The van der Waals surface area contributed by atoms with Gasteiger partial charge in [0.05, 0.1) is 22.5 Å². The highest BCUT2D eigenvalue weighted by Crippen LogP contribution is 2.35. The molecule has 0 spiro atoms. The zero-order valence-corrected chi connectivity index (χ0v) is 18.7. The molecule has 162 valence electrons. The summed E-state index contributed by atoms with van der Waals surface area (Å²) in [4.78, 5) is 32.5. The van der Waals surface area contributed by atoms with Gasteiger partial charge in [-0.05, 0) is 36.8 Å². The Labute approximate surface area is 190 Å². The molecule has 5 rings (SSSR count). The monoisotopic (exact) mass is 444 g/mol. The van der Waals surface area contributed by atoms with E-state index < -0.39 is 0 Å². The van der Waals surface area contributed by atoms with E-state index in [-0.39, 0.29) is 5.91 Å². The molecule has 32 heavy (non-hydrogen) atoms. The van der Waals surface area contributed by atoms with Crippen LogP contribution in [0.25, 0.3) is 10.2 Å². The summed E-state index contributed by atoms with van der Waals surface area (Å²) in [5.41, 5.74) is 3.01. The summed E-state index contributed by atoms with van der Waals surface area (Å²) in [6.07, 6.45) is 3.33. The third-order valence-corrected chi connectivity index (χ3v) is 6.97. The number of fused-ring (bicyclic) bond motifs is 1. The van der Waals surface area contributed by atoms with Crippen molar-refractivity contribution in [2.45, 2.75) is 13.5 Å². The summed E-state index contributed by atoms with van der Waals surface area (Å²) >= 11 is 1.42. The molecular formula is C24H24N6OS.